The number of nitrogens with one attached hydrogen (secondary N) is 2. The Hall–Kier alpha value is -3.07. The van der Waals surface area contributed by atoms with Gasteiger partial charge in [-0.15, -0.1) is 0 Å². The number of ether oxygens (including phenoxy) is 1. The number of esters is 1. The van der Waals surface area contributed by atoms with Gasteiger partial charge in [0.2, 0.25) is 5.91 Å². The molecule has 156 valence electrons. The fourth-order valence-corrected chi connectivity index (χ4v) is 3.06. The third kappa shape index (κ3) is 5.05. The van der Waals surface area contributed by atoms with Crippen LogP contribution in [0.4, 0.5) is 24.5 Å². The highest BCUT2D eigenvalue weighted by atomic mass is 19.4. The number of halogens is 3. The number of benzene rings is 2. The molecule has 3 rings (SSSR count). The summed E-state index contributed by atoms with van der Waals surface area (Å²) in [6, 6.07) is 8.36. The Balaban J connectivity index is 0.00000145. The van der Waals surface area contributed by atoms with Gasteiger partial charge >= 0.3 is 12.1 Å². The lowest BCUT2D eigenvalue weighted by Crippen LogP contribution is -2.16. The van der Waals surface area contributed by atoms with Crippen molar-refractivity contribution in [2.75, 3.05) is 24.9 Å². The van der Waals surface area contributed by atoms with E-state index in [0.717, 1.165) is 13.2 Å². The van der Waals surface area contributed by atoms with Crippen molar-refractivity contribution >= 4 is 23.3 Å². The van der Waals surface area contributed by atoms with Gasteiger partial charge in [-0.05, 0) is 42.3 Å². The minimum atomic E-state index is -4.51. The summed E-state index contributed by atoms with van der Waals surface area (Å²) in [5, 5.41) is 12.6. The van der Waals surface area contributed by atoms with E-state index in [2.05, 4.69) is 10.6 Å². The molecule has 0 bridgehead atoms. The molecule has 6 nitrogen and oxygen atoms in total. The number of carbonyl (C=O) groups is 2. The SMILES string of the molecule is CO.COC(=O)c1cccc(C2CC(=O)Nc3cc(C(F)(F)F)c(C)cc3N2)c1. The highest BCUT2D eigenvalue weighted by Crippen LogP contribution is 2.39. The van der Waals surface area contributed by atoms with Crippen molar-refractivity contribution in [2.24, 2.45) is 0 Å². The van der Waals surface area contributed by atoms with Gasteiger partial charge in [0.05, 0.1) is 42.1 Å². The monoisotopic (exact) mass is 410 g/mol. The number of alkyl halides is 3. The fraction of sp³-hybridized carbons (Fsp3) is 0.300. The van der Waals surface area contributed by atoms with Gasteiger partial charge in [-0.1, -0.05) is 12.1 Å². The van der Waals surface area contributed by atoms with E-state index in [4.69, 9.17) is 9.84 Å². The molecule has 1 aliphatic heterocycles. The highest BCUT2D eigenvalue weighted by molar-refractivity contribution is 5.97. The molecule has 9 heteroatoms. The van der Waals surface area contributed by atoms with Crippen LogP contribution in [0, 0.1) is 6.92 Å². The van der Waals surface area contributed by atoms with Crippen molar-refractivity contribution in [1.82, 2.24) is 0 Å². The van der Waals surface area contributed by atoms with E-state index in [0.29, 0.717) is 16.8 Å². The van der Waals surface area contributed by atoms with Gasteiger partial charge in [-0.25, -0.2) is 4.79 Å². The summed E-state index contributed by atoms with van der Waals surface area (Å²) in [6.45, 7) is 1.37. The molecule has 1 heterocycles. The molecule has 0 saturated heterocycles. The molecular formula is C20H21F3N2O4. The number of rotatable bonds is 2. The molecule has 0 fully saturated rings. The first-order chi connectivity index (χ1) is 13.7. The van der Waals surface area contributed by atoms with Crippen LogP contribution in [0.2, 0.25) is 0 Å². The van der Waals surface area contributed by atoms with Crippen LogP contribution in [-0.4, -0.2) is 31.2 Å². The zero-order chi connectivity index (χ0) is 21.8. The average molecular weight is 410 g/mol. The maximum Gasteiger partial charge on any atom is 0.416 e. The number of fused-ring (bicyclic) bond motifs is 1. The standard InChI is InChI=1S/C19H17F3N2O3.CH4O/c1-10-6-15-16(8-13(10)19(20,21)22)24-17(25)9-14(23-15)11-4-3-5-12(7-11)18(26)27-2;1-2/h3-8,14,23H,9H2,1-2H3,(H,24,25);2H,1H3. The van der Waals surface area contributed by atoms with Gasteiger partial charge in [0.25, 0.3) is 0 Å². The smallest absolute Gasteiger partial charge is 0.416 e. The second-order valence-electron chi connectivity index (χ2n) is 6.28. The molecule has 2 aromatic carbocycles. The van der Waals surface area contributed by atoms with Crippen molar-refractivity contribution in [3.05, 3.63) is 58.7 Å². The van der Waals surface area contributed by atoms with Gasteiger partial charge < -0.3 is 20.5 Å². The van der Waals surface area contributed by atoms with Gasteiger partial charge in [-0.2, -0.15) is 13.2 Å². The van der Waals surface area contributed by atoms with E-state index in [1.165, 1.54) is 20.1 Å². The third-order valence-corrected chi connectivity index (χ3v) is 4.37. The van der Waals surface area contributed by atoms with Crippen LogP contribution < -0.4 is 10.6 Å². The second kappa shape index (κ2) is 8.95. The van der Waals surface area contributed by atoms with E-state index in [1.54, 1.807) is 24.3 Å². The van der Waals surface area contributed by atoms with E-state index in [-0.39, 0.29) is 17.7 Å². The zero-order valence-corrected chi connectivity index (χ0v) is 16.1. The second-order valence-corrected chi connectivity index (χ2v) is 6.28. The normalized spacial score (nSPS) is 15.7. The summed E-state index contributed by atoms with van der Waals surface area (Å²) in [4.78, 5) is 24.0. The maximum atomic E-state index is 13.1. The lowest BCUT2D eigenvalue weighted by atomic mass is 10.0. The Kier molecular flexibility index (Phi) is 6.86. The molecule has 0 spiro atoms. The summed E-state index contributed by atoms with van der Waals surface area (Å²) in [7, 11) is 2.27. The minimum absolute atomic E-state index is 0.000293. The summed E-state index contributed by atoms with van der Waals surface area (Å²) in [6.07, 6.45) is -4.51. The number of aryl methyl sites for hydroxylation is 1. The predicted molar refractivity (Wildman–Crippen MR) is 102 cm³/mol. The number of hydrogen-bond acceptors (Lipinski definition) is 5. The molecule has 1 aliphatic rings. The Morgan fingerprint density at radius 3 is 2.48 bits per heavy atom. The van der Waals surface area contributed by atoms with Crippen LogP contribution in [0.5, 0.6) is 0 Å². The molecule has 1 amide bonds. The Bertz CT molecular complexity index is 913. The first-order valence-electron chi connectivity index (χ1n) is 8.60. The molecule has 3 N–H and O–H groups in total. The summed E-state index contributed by atoms with van der Waals surface area (Å²) >= 11 is 0. The van der Waals surface area contributed by atoms with E-state index >= 15 is 0 Å². The first-order valence-corrected chi connectivity index (χ1v) is 8.60. The number of aliphatic hydroxyl groups is 1. The molecule has 0 aliphatic carbocycles. The molecule has 1 unspecified atom stereocenters. The topological polar surface area (TPSA) is 87.7 Å². The molecular weight excluding hydrogens is 389 g/mol. The molecule has 1 atom stereocenters. The predicted octanol–water partition coefficient (Wildman–Crippen LogP) is 3.90. The van der Waals surface area contributed by atoms with E-state index < -0.39 is 29.7 Å². The molecule has 2 aromatic rings. The Morgan fingerprint density at radius 1 is 1.17 bits per heavy atom. The van der Waals surface area contributed by atoms with E-state index in [1.807, 2.05) is 0 Å². The number of methoxy groups -OCH3 is 1. The average Bonchev–Trinajstić information content (AvgIpc) is 2.85. The van der Waals surface area contributed by atoms with Crippen molar-refractivity contribution in [2.45, 2.75) is 25.6 Å². The van der Waals surface area contributed by atoms with Crippen LogP contribution in [0.1, 0.15) is 39.5 Å². The van der Waals surface area contributed by atoms with Crippen molar-refractivity contribution in [3.63, 3.8) is 0 Å². The van der Waals surface area contributed by atoms with Gasteiger partial charge in [0.15, 0.2) is 0 Å². The van der Waals surface area contributed by atoms with Crippen molar-refractivity contribution < 1.29 is 32.6 Å². The van der Waals surface area contributed by atoms with Crippen LogP contribution in [-0.2, 0) is 15.7 Å². The Labute approximate surface area is 165 Å². The number of carbonyl (C=O) groups excluding carboxylic acids is 2. The van der Waals surface area contributed by atoms with Crippen LogP contribution in [0.3, 0.4) is 0 Å². The Morgan fingerprint density at radius 2 is 1.86 bits per heavy atom. The van der Waals surface area contributed by atoms with Crippen LogP contribution >= 0.6 is 0 Å². The lowest BCUT2D eigenvalue weighted by Gasteiger charge is -2.19. The van der Waals surface area contributed by atoms with Gasteiger partial charge in [0.1, 0.15) is 0 Å². The molecule has 0 saturated carbocycles. The maximum absolute atomic E-state index is 13.1. The van der Waals surface area contributed by atoms with Crippen LogP contribution in [0.15, 0.2) is 36.4 Å². The number of hydrogen-bond donors (Lipinski definition) is 3. The number of aliphatic hydroxyl groups excluding tert-OH is 1. The lowest BCUT2D eigenvalue weighted by molar-refractivity contribution is -0.138. The summed E-state index contributed by atoms with van der Waals surface area (Å²) in [5.74, 6) is -0.937. The number of anilines is 2. The first kappa shape index (κ1) is 22.2. The van der Waals surface area contributed by atoms with Gasteiger partial charge in [0, 0.05) is 7.11 Å². The van der Waals surface area contributed by atoms with Crippen molar-refractivity contribution in [3.8, 4) is 0 Å². The van der Waals surface area contributed by atoms with Crippen molar-refractivity contribution in [1.29, 1.82) is 0 Å². The summed E-state index contributed by atoms with van der Waals surface area (Å²) in [5.41, 5.74) is 0.689. The third-order valence-electron chi connectivity index (χ3n) is 4.37. The van der Waals surface area contributed by atoms with Gasteiger partial charge in [-0.3, -0.25) is 4.79 Å². The molecule has 29 heavy (non-hydrogen) atoms. The summed E-state index contributed by atoms with van der Waals surface area (Å²) < 4.78 is 44.1. The highest BCUT2D eigenvalue weighted by Gasteiger charge is 2.34. The fourth-order valence-electron chi connectivity index (χ4n) is 3.06. The minimum Gasteiger partial charge on any atom is -0.465 e. The largest absolute Gasteiger partial charge is 0.465 e. The molecule has 0 radical (unpaired) electrons. The van der Waals surface area contributed by atoms with Crippen LogP contribution in [0.25, 0.3) is 0 Å². The zero-order valence-electron chi connectivity index (χ0n) is 16.1. The molecule has 0 aromatic heterocycles. The van der Waals surface area contributed by atoms with E-state index in [9.17, 15) is 22.8 Å². The quantitative estimate of drug-likeness (QED) is 0.654. The number of amides is 1.